The molecule has 0 aliphatic heterocycles. The van der Waals surface area contributed by atoms with Crippen molar-refractivity contribution in [3.05, 3.63) is 42.5 Å². The van der Waals surface area contributed by atoms with E-state index < -0.39 is 17.4 Å². The molecule has 0 heterocycles. The SMILES string of the molecule is CCCCCCOS(=O)N(C)C(=O)Oc1cccc2ccccc12. The molecule has 1 atom stereocenters. The Bertz CT molecular complexity index is 699. The van der Waals surface area contributed by atoms with E-state index in [-0.39, 0.29) is 0 Å². The average molecular weight is 349 g/mol. The van der Waals surface area contributed by atoms with Gasteiger partial charge in [-0.3, -0.25) is 4.18 Å². The fourth-order valence-electron chi connectivity index (χ4n) is 2.24. The summed E-state index contributed by atoms with van der Waals surface area (Å²) < 4.78 is 23.5. The van der Waals surface area contributed by atoms with E-state index >= 15 is 0 Å². The molecule has 130 valence electrons. The highest BCUT2D eigenvalue weighted by molar-refractivity contribution is 7.78. The van der Waals surface area contributed by atoms with Crippen LogP contribution in [-0.2, 0) is 15.4 Å². The third-order valence-corrected chi connectivity index (χ3v) is 4.57. The van der Waals surface area contributed by atoms with Crippen LogP contribution in [0.2, 0.25) is 0 Å². The van der Waals surface area contributed by atoms with Crippen molar-refractivity contribution in [2.75, 3.05) is 13.7 Å². The summed E-state index contributed by atoms with van der Waals surface area (Å²) in [6.07, 6.45) is 3.39. The van der Waals surface area contributed by atoms with Crippen LogP contribution in [0.5, 0.6) is 5.75 Å². The van der Waals surface area contributed by atoms with Crippen molar-refractivity contribution >= 4 is 28.1 Å². The number of fused-ring (bicyclic) bond motifs is 1. The summed E-state index contributed by atoms with van der Waals surface area (Å²) in [7, 11) is 1.40. The molecule has 6 heteroatoms. The first-order valence-electron chi connectivity index (χ1n) is 8.12. The van der Waals surface area contributed by atoms with Crippen LogP contribution in [0.1, 0.15) is 32.6 Å². The highest BCUT2D eigenvalue weighted by Crippen LogP contribution is 2.25. The molecule has 0 N–H and O–H groups in total. The Morgan fingerprint density at radius 3 is 2.62 bits per heavy atom. The minimum atomic E-state index is -1.85. The summed E-state index contributed by atoms with van der Waals surface area (Å²) >= 11 is -1.85. The van der Waals surface area contributed by atoms with Crippen LogP contribution in [0.3, 0.4) is 0 Å². The Morgan fingerprint density at radius 2 is 1.83 bits per heavy atom. The predicted molar refractivity (Wildman–Crippen MR) is 96.0 cm³/mol. The van der Waals surface area contributed by atoms with Gasteiger partial charge in [0.1, 0.15) is 5.75 Å². The molecule has 2 aromatic carbocycles. The Labute approximate surface area is 145 Å². The molecule has 0 aliphatic rings. The Hall–Kier alpha value is -1.92. The fraction of sp³-hybridized carbons (Fsp3) is 0.389. The topological polar surface area (TPSA) is 55.8 Å². The largest absolute Gasteiger partial charge is 0.428 e. The number of unbranched alkanes of at least 4 members (excludes halogenated alkanes) is 3. The molecule has 0 aliphatic carbocycles. The number of ether oxygens (including phenoxy) is 1. The Kier molecular flexibility index (Phi) is 7.21. The molecule has 0 saturated carbocycles. The Balaban J connectivity index is 1.92. The lowest BCUT2D eigenvalue weighted by atomic mass is 10.1. The van der Waals surface area contributed by atoms with Gasteiger partial charge in [-0.1, -0.05) is 62.6 Å². The molecule has 24 heavy (non-hydrogen) atoms. The number of rotatable bonds is 8. The highest BCUT2D eigenvalue weighted by atomic mass is 32.2. The van der Waals surface area contributed by atoms with Crippen molar-refractivity contribution in [1.29, 1.82) is 0 Å². The van der Waals surface area contributed by atoms with Gasteiger partial charge in [-0.25, -0.2) is 13.3 Å². The molecule has 2 aromatic rings. The molecule has 0 bridgehead atoms. The number of hydrogen-bond acceptors (Lipinski definition) is 4. The van der Waals surface area contributed by atoms with Crippen molar-refractivity contribution in [1.82, 2.24) is 4.31 Å². The van der Waals surface area contributed by atoms with E-state index in [1.165, 1.54) is 7.05 Å². The minimum absolute atomic E-state index is 0.360. The number of amides is 1. The summed E-state index contributed by atoms with van der Waals surface area (Å²) in [6, 6.07) is 13.1. The average Bonchev–Trinajstić information content (AvgIpc) is 2.61. The summed E-state index contributed by atoms with van der Waals surface area (Å²) in [5.74, 6) is 0.435. The van der Waals surface area contributed by atoms with Gasteiger partial charge in [0.2, 0.25) is 0 Å². The smallest absolute Gasteiger partial charge is 0.409 e. The summed E-state index contributed by atoms with van der Waals surface area (Å²) in [6.45, 7) is 2.48. The van der Waals surface area contributed by atoms with E-state index in [1.54, 1.807) is 6.07 Å². The first-order chi connectivity index (χ1) is 11.6. The maximum atomic E-state index is 12.2. The van der Waals surface area contributed by atoms with Crippen LogP contribution in [0, 0.1) is 0 Å². The van der Waals surface area contributed by atoms with Crippen molar-refractivity contribution in [3.8, 4) is 5.75 Å². The molecule has 0 aromatic heterocycles. The third kappa shape index (κ3) is 5.04. The molecule has 0 spiro atoms. The first kappa shape index (κ1) is 18.4. The molecule has 0 fully saturated rings. The molecular formula is C18H23NO4S. The zero-order valence-electron chi connectivity index (χ0n) is 14.1. The zero-order valence-corrected chi connectivity index (χ0v) is 14.9. The fourth-order valence-corrected chi connectivity index (χ4v) is 2.82. The van der Waals surface area contributed by atoms with Crippen LogP contribution in [0.15, 0.2) is 42.5 Å². The van der Waals surface area contributed by atoms with Gasteiger partial charge in [-0.2, -0.15) is 0 Å². The number of carbonyl (C=O) groups excluding carboxylic acids is 1. The quantitative estimate of drug-likeness (QED) is 0.661. The number of benzene rings is 2. The number of hydrogen-bond donors (Lipinski definition) is 0. The van der Waals surface area contributed by atoms with Crippen LogP contribution >= 0.6 is 0 Å². The second-order valence-corrected chi connectivity index (χ2v) is 6.66. The maximum Gasteiger partial charge on any atom is 0.428 e. The maximum absolute atomic E-state index is 12.2. The van der Waals surface area contributed by atoms with E-state index in [1.807, 2.05) is 36.4 Å². The lowest BCUT2D eigenvalue weighted by molar-refractivity contribution is 0.182. The molecule has 0 radical (unpaired) electrons. The molecule has 1 unspecified atom stereocenters. The number of nitrogens with zero attached hydrogens (tertiary/aromatic N) is 1. The minimum Gasteiger partial charge on any atom is -0.409 e. The second-order valence-electron chi connectivity index (χ2n) is 5.44. The lowest BCUT2D eigenvalue weighted by Crippen LogP contribution is -2.32. The molecular weight excluding hydrogens is 326 g/mol. The van der Waals surface area contributed by atoms with Gasteiger partial charge in [0.25, 0.3) is 11.3 Å². The van der Waals surface area contributed by atoms with E-state index in [0.717, 1.165) is 40.8 Å². The molecule has 2 rings (SSSR count). The zero-order chi connectivity index (χ0) is 17.4. The second kappa shape index (κ2) is 9.39. The Morgan fingerprint density at radius 1 is 1.08 bits per heavy atom. The monoisotopic (exact) mass is 349 g/mol. The van der Waals surface area contributed by atoms with Gasteiger partial charge in [-0.15, -0.1) is 0 Å². The predicted octanol–water partition coefficient (Wildman–Crippen LogP) is 4.45. The van der Waals surface area contributed by atoms with Gasteiger partial charge in [0, 0.05) is 12.4 Å². The standard InChI is InChI=1S/C18H23NO4S/c1-3-4-5-8-14-22-24(21)19(2)18(20)23-17-13-9-11-15-10-6-7-12-16(15)17/h6-7,9-13H,3-5,8,14H2,1-2H3. The normalized spacial score (nSPS) is 12.1. The summed E-state index contributed by atoms with van der Waals surface area (Å²) in [5.41, 5.74) is 0. The van der Waals surface area contributed by atoms with Gasteiger partial charge >= 0.3 is 6.09 Å². The molecule has 1 amide bonds. The summed E-state index contributed by atoms with van der Waals surface area (Å²) in [4.78, 5) is 12.2. The van der Waals surface area contributed by atoms with E-state index in [2.05, 4.69) is 6.92 Å². The van der Waals surface area contributed by atoms with Crippen LogP contribution < -0.4 is 4.74 Å². The van der Waals surface area contributed by atoms with Crippen LogP contribution in [0.4, 0.5) is 4.79 Å². The van der Waals surface area contributed by atoms with E-state index in [9.17, 15) is 9.00 Å². The lowest BCUT2D eigenvalue weighted by Gasteiger charge is -2.16. The summed E-state index contributed by atoms with van der Waals surface area (Å²) in [5, 5.41) is 1.80. The van der Waals surface area contributed by atoms with E-state index in [0.29, 0.717) is 12.4 Å². The van der Waals surface area contributed by atoms with E-state index in [4.69, 9.17) is 8.92 Å². The van der Waals surface area contributed by atoms with Gasteiger partial charge in [0.05, 0.1) is 6.61 Å². The molecule has 0 saturated heterocycles. The van der Waals surface area contributed by atoms with Crippen LogP contribution in [-0.4, -0.2) is 28.3 Å². The van der Waals surface area contributed by atoms with Crippen molar-refractivity contribution in [3.63, 3.8) is 0 Å². The van der Waals surface area contributed by atoms with Crippen LogP contribution in [0.25, 0.3) is 10.8 Å². The number of carbonyl (C=O) groups is 1. The van der Waals surface area contributed by atoms with Crippen molar-refractivity contribution < 1.29 is 17.9 Å². The van der Waals surface area contributed by atoms with Crippen molar-refractivity contribution in [2.45, 2.75) is 32.6 Å². The third-order valence-electron chi connectivity index (χ3n) is 3.61. The highest BCUT2D eigenvalue weighted by Gasteiger charge is 2.19. The van der Waals surface area contributed by atoms with Crippen molar-refractivity contribution in [2.24, 2.45) is 0 Å². The first-order valence-corrected chi connectivity index (χ1v) is 9.15. The van der Waals surface area contributed by atoms with Gasteiger partial charge < -0.3 is 4.74 Å². The molecule has 5 nitrogen and oxygen atoms in total. The van der Waals surface area contributed by atoms with Gasteiger partial charge in [0.15, 0.2) is 0 Å². The van der Waals surface area contributed by atoms with Gasteiger partial charge in [-0.05, 0) is 17.9 Å².